The van der Waals surface area contributed by atoms with Gasteiger partial charge in [0.1, 0.15) is 11.5 Å². The molecule has 3 aromatic rings. The lowest BCUT2D eigenvalue weighted by Gasteiger charge is -1.93. The van der Waals surface area contributed by atoms with Gasteiger partial charge in [0, 0.05) is 10.9 Å². The minimum Gasteiger partial charge on any atom is -0.460 e. The van der Waals surface area contributed by atoms with Crippen LogP contribution in [-0.2, 0) is 0 Å². The van der Waals surface area contributed by atoms with Gasteiger partial charge in [0.2, 0.25) is 0 Å². The average Bonchev–Trinajstić information content (AvgIpc) is 3.19. The average molecular weight is 300 g/mol. The van der Waals surface area contributed by atoms with Crippen molar-refractivity contribution in [2.75, 3.05) is 0 Å². The number of aromatic amines is 1. The lowest BCUT2D eigenvalue weighted by atomic mass is 10.3. The Bertz CT molecular complexity index is 771. The summed E-state index contributed by atoms with van der Waals surface area (Å²) in [6.07, 6.45) is 1.59. The molecule has 0 fully saturated rings. The fraction of sp³-hybridized carbons (Fsp3) is 0.0714. The molecule has 6 nitrogen and oxygen atoms in total. The van der Waals surface area contributed by atoms with Crippen LogP contribution in [0.1, 0.15) is 21.1 Å². The molecular weight excluding hydrogens is 288 g/mol. The number of thiophene rings is 1. The van der Waals surface area contributed by atoms with Crippen LogP contribution in [0.5, 0.6) is 0 Å². The van der Waals surface area contributed by atoms with Gasteiger partial charge in [-0.2, -0.15) is 10.2 Å². The minimum absolute atomic E-state index is 0.252. The molecule has 0 bridgehead atoms. The molecule has 0 radical (unpaired) electrons. The van der Waals surface area contributed by atoms with Gasteiger partial charge < -0.3 is 4.42 Å². The van der Waals surface area contributed by atoms with Crippen LogP contribution in [-0.4, -0.2) is 22.3 Å². The van der Waals surface area contributed by atoms with E-state index in [0.29, 0.717) is 11.5 Å². The number of H-pyrrole nitrogens is 1. The number of amides is 1. The lowest BCUT2D eigenvalue weighted by molar-refractivity contribution is 0.0950. The van der Waals surface area contributed by atoms with E-state index in [2.05, 4.69) is 20.7 Å². The van der Waals surface area contributed by atoms with Gasteiger partial charge in [-0.15, -0.1) is 11.3 Å². The summed E-state index contributed by atoms with van der Waals surface area (Å²) in [6.45, 7) is 1.85. The van der Waals surface area contributed by atoms with Gasteiger partial charge in [-0.3, -0.25) is 9.89 Å². The van der Waals surface area contributed by atoms with Crippen LogP contribution in [0.25, 0.3) is 11.5 Å². The normalized spacial score (nSPS) is 11.1. The first-order valence-electron chi connectivity index (χ1n) is 6.21. The Morgan fingerprint density at radius 2 is 2.38 bits per heavy atom. The Kier molecular flexibility index (Phi) is 3.65. The molecule has 0 atom stereocenters. The smallest absolute Gasteiger partial charge is 0.291 e. The summed E-state index contributed by atoms with van der Waals surface area (Å²) in [7, 11) is 0. The van der Waals surface area contributed by atoms with E-state index in [-0.39, 0.29) is 11.6 Å². The maximum Gasteiger partial charge on any atom is 0.291 e. The zero-order valence-electron chi connectivity index (χ0n) is 11.2. The second-order valence-electron chi connectivity index (χ2n) is 4.29. The molecule has 0 saturated carbocycles. The molecule has 0 unspecified atom stereocenters. The van der Waals surface area contributed by atoms with Crippen LogP contribution in [0.15, 0.2) is 45.2 Å². The fourth-order valence-corrected chi connectivity index (χ4v) is 2.31. The lowest BCUT2D eigenvalue weighted by Crippen LogP contribution is -2.17. The highest BCUT2D eigenvalue weighted by atomic mass is 32.1. The maximum atomic E-state index is 11.9. The number of hydrogen-bond acceptors (Lipinski definition) is 5. The van der Waals surface area contributed by atoms with Gasteiger partial charge in [-0.25, -0.2) is 5.43 Å². The van der Waals surface area contributed by atoms with E-state index in [1.807, 2.05) is 36.6 Å². The molecule has 21 heavy (non-hydrogen) atoms. The summed E-state index contributed by atoms with van der Waals surface area (Å²) in [5.74, 6) is 1.06. The summed E-state index contributed by atoms with van der Waals surface area (Å²) >= 11 is 1.54. The Labute approximate surface area is 124 Å². The quantitative estimate of drug-likeness (QED) is 0.574. The van der Waals surface area contributed by atoms with Gasteiger partial charge in [-0.1, -0.05) is 6.07 Å². The zero-order valence-corrected chi connectivity index (χ0v) is 12.0. The molecule has 0 aromatic carbocycles. The molecular formula is C14H12N4O2S. The zero-order chi connectivity index (χ0) is 14.7. The van der Waals surface area contributed by atoms with Crippen LogP contribution < -0.4 is 5.43 Å². The van der Waals surface area contributed by atoms with Crippen LogP contribution in [0.3, 0.4) is 0 Å². The summed E-state index contributed by atoms with van der Waals surface area (Å²) in [4.78, 5) is 12.9. The minimum atomic E-state index is -0.381. The molecule has 1 amide bonds. The van der Waals surface area contributed by atoms with Crippen molar-refractivity contribution < 1.29 is 9.21 Å². The van der Waals surface area contributed by atoms with Crippen molar-refractivity contribution >= 4 is 23.5 Å². The SMILES string of the molecule is Cc1ccc(-c2cc(C(=O)NN=Cc3cccs3)n[nH]2)o1. The Morgan fingerprint density at radius 1 is 1.48 bits per heavy atom. The van der Waals surface area contributed by atoms with E-state index in [0.717, 1.165) is 10.6 Å². The third-order valence-corrected chi connectivity index (χ3v) is 3.52. The second kappa shape index (κ2) is 5.76. The maximum absolute atomic E-state index is 11.9. The number of furan rings is 1. The van der Waals surface area contributed by atoms with E-state index in [1.54, 1.807) is 12.3 Å². The third kappa shape index (κ3) is 3.09. The Morgan fingerprint density at radius 3 is 3.10 bits per heavy atom. The van der Waals surface area contributed by atoms with Crippen LogP contribution in [0.4, 0.5) is 0 Å². The van der Waals surface area contributed by atoms with Crippen molar-refractivity contribution in [2.45, 2.75) is 6.92 Å². The molecule has 0 aliphatic carbocycles. The molecule has 3 aromatic heterocycles. The highest BCUT2D eigenvalue weighted by Gasteiger charge is 2.12. The summed E-state index contributed by atoms with van der Waals surface area (Å²) in [5.41, 5.74) is 3.33. The molecule has 0 aliphatic heterocycles. The number of hydrogen-bond donors (Lipinski definition) is 2. The van der Waals surface area contributed by atoms with Crippen molar-refractivity contribution in [3.8, 4) is 11.5 Å². The fourth-order valence-electron chi connectivity index (χ4n) is 1.72. The van der Waals surface area contributed by atoms with E-state index < -0.39 is 0 Å². The topological polar surface area (TPSA) is 83.3 Å². The number of rotatable bonds is 4. The summed E-state index contributed by atoms with van der Waals surface area (Å²) in [6, 6.07) is 9.11. The number of nitrogens with zero attached hydrogens (tertiary/aromatic N) is 2. The van der Waals surface area contributed by atoms with E-state index in [9.17, 15) is 4.79 Å². The van der Waals surface area contributed by atoms with Crippen LogP contribution >= 0.6 is 11.3 Å². The number of carbonyl (C=O) groups is 1. The first kappa shape index (κ1) is 13.3. The monoisotopic (exact) mass is 300 g/mol. The highest BCUT2D eigenvalue weighted by molar-refractivity contribution is 7.11. The van der Waals surface area contributed by atoms with Gasteiger partial charge >= 0.3 is 0 Å². The van der Waals surface area contributed by atoms with Crippen LogP contribution in [0.2, 0.25) is 0 Å². The number of nitrogens with one attached hydrogen (secondary N) is 2. The summed E-state index contributed by atoms with van der Waals surface area (Å²) in [5, 5.41) is 12.5. The number of aryl methyl sites for hydroxylation is 1. The molecule has 3 heterocycles. The van der Waals surface area contributed by atoms with Gasteiger partial charge in [-0.05, 0) is 30.5 Å². The van der Waals surface area contributed by atoms with Crippen LogP contribution in [0, 0.1) is 6.92 Å². The molecule has 0 aliphatic rings. The standard InChI is InChI=1S/C14H12N4O2S/c1-9-4-5-13(20-9)11-7-12(17-16-11)14(19)18-15-8-10-3-2-6-21-10/h2-8H,1H3,(H,16,17)(H,18,19). The number of carbonyl (C=O) groups excluding carboxylic acids is 1. The predicted octanol–water partition coefficient (Wildman–Crippen LogP) is 2.80. The summed E-state index contributed by atoms with van der Waals surface area (Å²) < 4.78 is 5.46. The predicted molar refractivity (Wildman–Crippen MR) is 80.4 cm³/mol. The van der Waals surface area contributed by atoms with Gasteiger partial charge in [0.15, 0.2) is 11.5 Å². The molecule has 2 N–H and O–H groups in total. The Balaban J connectivity index is 1.67. The van der Waals surface area contributed by atoms with Crippen molar-refractivity contribution in [3.63, 3.8) is 0 Å². The molecule has 3 rings (SSSR count). The van der Waals surface area contributed by atoms with Crippen molar-refractivity contribution in [3.05, 3.63) is 52.0 Å². The third-order valence-electron chi connectivity index (χ3n) is 2.72. The molecule has 7 heteroatoms. The van der Waals surface area contributed by atoms with Crippen molar-refractivity contribution in [2.24, 2.45) is 5.10 Å². The first-order valence-corrected chi connectivity index (χ1v) is 7.09. The molecule has 0 saturated heterocycles. The van der Waals surface area contributed by atoms with Gasteiger partial charge in [0.25, 0.3) is 5.91 Å². The first-order chi connectivity index (χ1) is 10.2. The molecule has 0 spiro atoms. The molecule has 106 valence electrons. The van der Waals surface area contributed by atoms with E-state index in [1.165, 1.54) is 11.3 Å². The largest absolute Gasteiger partial charge is 0.460 e. The second-order valence-corrected chi connectivity index (χ2v) is 5.27. The van der Waals surface area contributed by atoms with E-state index in [4.69, 9.17) is 4.42 Å². The highest BCUT2D eigenvalue weighted by Crippen LogP contribution is 2.20. The Hall–Kier alpha value is -2.67. The number of aromatic nitrogens is 2. The number of hydrazone groups is 1. The van der Waals surface area contributed by atoms with Gasteiger partial charge in [0.05, 0.1) is 6.21 Å². The van der Waals surface area contributed by atoms with Crippen molar-refractivity contribution in [1.82, 2.24) is 15.6 Å². The van der Waals surface area contributed by atoms with E-state index >= 15 is 0 Å². The van der Waals surface area contributed by atoms with Crippen molar-refractivity contribution in [1.29, 1.82) is 0 Å².